The minimum absolute atomic E-state index is 0.0341. The van der Waals surface area contributed by atoms with E-state index in [9.17, 15) is 0 Å². The fourth-order valence-electron chi connectivity index (χ4n) is 2.40. The molecule has 0 saturated carbocycles. The van der Waals surface area contributed by atoms with E-state index in [1.165, 1.54) is 11.1 Å². The van der Waals surface area contributed by atoms with Crippen LogP contribution in [0.15, 0.2) is 24.3 Å². The summed E-state index contributed by atoms with van der Waals surface area (Å²) in [5.41, 5.74) is 5.45. The van der Waals surface area contributed by atoms with Crippen LogP contribution in [-0.4, -0.2) is 13.2 Å². The molecule has 102 valence electrons. The van der Waals surface area contributed by atoms with Gasteiger partial charge in [-0.05, 0) is 23.5 Å². The minimum Gasteiger partial charge on any atom is -0.379 e. The summed E-state index contributed by atoms with van der Waals surface area (Å²) in [5.74, 6) is 6.12. The molecule has 2 atom stereocenters. The molecule has 0 fully saturated rings. The van der Waals surface area contributed by atoms with Crippen molar-refractivity contribution < 1.29 is 4.74 Å². The molecule has 1 aromatic rings. The standard InChI is InChI=1S/C15H26N2O/c1-5-7-12-8-6-9-13(10-12)14(17-16)15(18-4)11(2)3/h6,8-11,14-15,17H,5,7,16H2,1-4H3. The summed E-state index contributed by atoms with van der Waals surface area (Å²) < 4.78 is 5.58. The summed E-state index contributed by atoms with van der Waals surface area (Å²) in [4.78, 5) is 0. The zero-order chi connectivity index (χ0) is 13.5. The molecule has 0 aromatic heterocycles. The maximum Gasteiger partial charge on any atom is 0.0801 e. The Bertz CT molecular complexity index is 352. The zero-order valence-corrected chi connectivity index (χ0v) is 11.9. The van der Waals surface area contributed by atoms with Gasteiger partial charge >= 0.3 is 0 Å². The Labute approximate surface area is 111 Å². The van der Waals surface area contributed by atoms with Gasteiger partial charge in [0, 0.05) is 7.11 Å². The van der Waals surface area contributed by atoms with Gasteiger partial charge in [0.1, 0.15) is 0 Å². The third-order valence-corrected chi connectivity index (χ3v) is 3.29. The molecule has 18 heavy (non-hydrogen) atoms. The van der Waals surface area contributed by atoms with Crippen molar-refractivity contribution in [3.8, 4) is 0 Å². The average Bonchev–Trinajstić information content (AvgIpc) is 2.36. The number of rotatable bonds is 7. The number of hydrogen-bond donors (Lipinski definition) is 2. The molecule has 0 radical (unpaired) electrons. The summed E-state index contributed by atoms with van der Waals surface area (Å²) in [6.07, 6.45) is 2.33. The van der Waals surface area contributed by atoms with Crippen LogP contribution in [0.2, 0.25) is 0 Å². The second-order valence-corrected chi connectivity index (χ2v) is 5.08. The molecule has 3 nitrogen and oxygen atoms in total. The van der Waals surface area contributed by atoms with Gasteiger partial charge in [-0.3, -0.25) is 11.3 Å². The van der Waals surface area contributed by atoms with Crippen molar-refractivity contribution in [2.75, 3.05) is 7.11 Å². The Hall–Kier alpha value is -0.900. The SMILES string of the molecule is CCCc1cccc(C(NN)C(OC)C(C)C)c1. The van der Waals surface area contributed by atoms with Gasteiger partial charge in [0.2, 0.25) is 0 Å². The van der Waals surface area contributed by atoms with Crippen molar-refractivity contribution in [2.45, 2.75) is 45.8 Å². The summed E-state index contributed by atoms with van der Waals surface area (Å²) in [7, 11) is 1.74. The zero-order valence-electron chi connectivity index (χ0n) is 11.9. The molecule has 0 spiro atoms. The van der Waals surface area contributed by atoms with E-state index >= 15 is 0 Å². The van der Waals surface area contributed by atoms with Gasteiger partial charge in [-0.15, -0.1) is 0 Å². The molecule has 1 aromatic carbocycles. The molecule has 0 aliphatic heterocycles. The number of hydrazine groups is 1. The number of benzene rings is 1. The quantitative estimate of drug-likeness (QED) is 0.578. The Morgan fingerprint density at radius 3 is 2.56 bits per heavy atom. The van der Waals surface area contributed by atoms with Gasteiger partial charge in [-0.1, -0.05) is 51.5 Å². The molecule has 0 amide bonds. The number of methoxy groups -OCH3 is 1. The van der Waals surface area contributed by atoms with Crippen molar-refractivity contribution in [1.29, 1.82) is 0 Å². The van der Waals surface area contributed by atoms with Gasteiger partial charge in [-0.2, -0.15) is 0 Å². The van der Waals surface area contributed by atoms with Crippen molar-refractivity contribution in [2.24, 2.45) is 11.8 Å². The fourth-order valence-corrected chi connectivity index (χ4v) is 2.40. The molecule has 0 bridgehead atoms. The van der Waals surface area contributed by atoms with Crippen LogP contribution >= 0.6 is 0 Å². The third-order valence-electron chi connectivity index (χ3n) is 3.29. The lowest BCUT2D eigenvalue weighted by atomic mass is 9.92. The van der Waals surface area contributed by atoms with E-state index in [1.54, 1.807) is 7.11 Å². The van der Waals surface area contributed by atoms with Crippen LogP contribution < -0.4 is 11.3 Å². The Balaban J connectivity index is 2.96. The van der Waals surface area contributed by atoms with E-state index in [0.717, 1.165) is 12.8 Å². The van der Waals surface area contributed by atoms with E-state index in [4.69, 9.17) is 10.6 Å². The monoisotopic (exact) mass is 250 g/mol. The van der Waals surface area contributed by atoms with Crippen molar-refractivity contribution in [3.63, 3.8) is 0 Å². The molecule has 0 aliphatic carbocycles. The maximum atomic E-state index is 5.71. The average molecular weight is 250 g/mol. The number of nitrogens with one attached hydrogen (secondary N) is 1. The van der Waals surface area contributed by atoms with Crippen LogP contribution in [0.25, 0.3) is 0 Å². The van der Waals surface area contributed by atoms with Crippen LogP contribution in [-0.2, 0) is 11.2 Å². The molecule has 3 heteroatoms. The van der Waals surface area contributed by atoms with E-state index in [-0.39, 0.29) is 12.1 Å². The normalized spacial score (nSPS) is 14.8. The first-order valence-electron chi connectivity index (χ1n) is 6.71. The van der Waals surface area contributed by atoms with Gasteiger partial charge in [0.25, 0.3) is 0 Å². The van der Waals surface area contributed by atoms with Crippen LogP contribution in [0.3, 0.4) is 0 Å². The van der Waals surface area contributed by atoms with Crippen LogP contribution in [0.4, 0.5) is 0 Å². The predicted octanol–water partition coefficient (Wildman–Crippen LogP) is 2.81. The van der Waals surface area contributed by atoms with E-state index < -0.39 is 0 Å². The third kappa shape index (κ3) is 3.80. The molecule has 0 aliphatic rings. The maximum absolute atomic E-state index is 5.71. The first kappa shape index (κ1) is 15.2. The summed E-state index contributed by atoms with van der Waals surface area (Å²) >= 11 is 0. The minimum atomic E-state index is 0.0341. The van der Waals surface area contributed by atoms with E-state index in [2.05, 4.69) is 50.5 Å². The smallest absolute Gasteiger partial charge is 0.0801 e. The van der Waals surface area contributed by atoms with Gasteiger partial charge in [0.05, 0.1) is 12.1 Å². The molecular weight excluding hydrogens is 224 g/mol. The van der Waals surface area contributed by atoms with Crippen LogP contribution in [0, 0.1) is 5.92 Å². The first-order valence-corrected chi connectivity index (χ1v) is 6.71. The summed E-state index contributed by atoms with van der Waals surface area (Å²) in [6, 6.07) is 8.63. The lowest BCUT2D eigenvalue weighted by Gasteiger charge is -2.29. The van der Waals surface area contributed by atoms with E-state index in [1.807, 2.05) is 0 Å². The number of hydrogen-bond acceptors (Lipinski definition) is 3. The van der Waals surface area contributed by atoms with Crippen LogP contribution in [0.1, 0.15) is 44.4 Å². The highest BCUT2D eigenvalue weighted by molar-refractivity contribution is 5.27. The van der Waals surface area contributed by atoms with Crippen molar-refractivity contribution in [1.82, 2.24) is 5.43 Å². The van der Waals surface area contributed by atoms with Gasteiger partial charge in [0.15, 0.2) is 0 Å². The van der Waals surface area contributed by atoms with Crippen LogP contribution in [0.5, 0.6) is 0 Å². The fraction of sp³-hybridized carbons (Fsp3) is 0.600. The molecule has 0 heterocycles. The molecule has 1 rings (SSSR count). The highest BCUT2D eigenvalue weighted by atomic mass is 16.5. The predicted molar refractivity (Wildman–Crippen MR) is 76.1 cm³/mol. The van der Waals surface area contributed by atoms with Gasteiger partial charge in [-0.25, -0.2) is 0 Å². The highest BCUT2D eigenvalue weighted by Gasteiger charge is 2.24. The summed E-state index contributed by atoms with van der Waals surface area (Å²) in [6.45, 7) is 6.49. The van der Waals surface area contributed by atoms with Crippen molar-refractivity contribution >= 4 is 0 Å². The molecular formula is C15H26N2O. The molecule has 0 saturated heterocycles. The number of aryl methyl sites for hydroxylation is 1. The highest BCUT2D eigenvalue weighted by Crippen LogP contribution is 2.24. The Morgan fingerprint density at radius 2 is 2.06 bits per heavy atom. The topological polar surface area (TPSA) is 47.3 Å². The van der Waals surface area contributed by atoms with Crippen molar-refractivity contribution in [3.05, 3.63) is 35.4 Å². The molecule has 3 N–H and O–H groups in total. The van der Waals surface area contributed by atoms with Gasteiger partial charge < -0.3 is 4.74 Å². The molecule has 2 unspecified atom stereocenters. The lowest BCUT2D eigenvalue weighted by Crippen LogP contribution is -2.40. The first-order chi connectivity index (χ1) is 8.63. The number of nitrogens with two attached hydrogens (primary N) is 1. The largest absolute Gasteiger partial charge is 0.379 e. The second-order valence-electron chi connectivity index (χ2n) is 5.08. The lowest BCUT2D eigenvalue weighted by molar-refractivity contribution is 0.0326. The number of ether oxygens (including phenoxy) is 1. The Morgan fingerprint density at radius 1 is 1.33 bits per heavy atom. The Kier molecular flexibility index (Phi) is 6.33. The second kappa shape index (κ2) is 7.52. The van der Waals surface area contributed by atoms with E-state index in [0.29, 0.717) is 5.92 Å². The summed E-state index contributed by atoms with van der Waals surface area (Å²) in [5, 5.41) is 0.